The van der Waals surface area contributed by atoms with Gasteiger partial charge in [-0.1, -0.05) is 6.07 Å². The Kier molecular flexibility index (Phi) is 4.31. The van der Waals surface area contributed by atoms with Crippen molar-refractivity contribution >= 4 is 5.91 Å². The van der Waals surface area contributed by atoms with Crippen LogP contribution in [0.2, 0.25) is 0 Å². The zero-order chi connectivity index (χ0) is 17.2. The van der Waals surface area contributed by atoms with E-state index in [1.165, 1.54) is 0 Å². The van der Waals surface area contributed by atoms with Crippen LogP contribution >= 0.6 is 0 Å². The molecule has 0 aliphatic carbocycles. The van der Waals surface area contributed by atoms with Gasteiger partial charge in [-0.3, -0.25) is 4.79 Å². The molecule has 1 fully saturated rings. The summed E-state index contributed by atoms with van der Waals surface area (Å²) in [6.07, 6.45) is 4.81. The molecule has 0 radical (unpaired) electrons. The van der Waals surface area contributed by atoms with Crippen molar-refractivity contribution in [1.29, 1.82) is 0 Å². The Balaban J connectivity index is 1.47. The lowest BCUT2D eigenvalue weighted by atomic mass is 9.92. The van der Waals surface area contributed by atoms with Crippen molar-refractivity contribution in [2.24, 2.45) is 5.92 Å². The highest BCUT2D eigenvalue weighted by Gasteiger charge is 2.36. The fraction of sp³-hybridized carbons (Fsp3) is 0.444. The zero-order valence-electron chi connectivity index (χ0n) is 14.1. The zero-order valence-corrected chi connectivity index (χ0v) is 14.1. The van der Waals surface area contributed by atoms with Crippen LogP contribution in [0.3, 0.4) is 0 Å². The SMILES string of the molecule is CN(Cc1ccc2c(c1)OCO2)C(=O)[C@@H]1CCCO[C@H]1c1ncc[nH]1. The van der Waals surface area contributed by atoms with E-state index in [2.05, 4.69) is 9.97 Å². The van der Waals surface area contributed by atoms with Gasteiger partial charge >= 0.3 is 0 Å². The Morgan fingerprint density at radius 2 is 2.24 bits per heavy atom. The summed E-state index contributed by atoms with van der Waals surface area (Å²) in [5.74, 6) is 2.04. The van der Waals surface area contributed by atoms with Crippen molar-refractivity contribution < 1.29 is 19.0 Å². The molecule has 1 aromatic heterocycles. The number of benzene rings is 1. The molecule has 0 saturated carbocycles. The number of hydrogen-bond acceptors (Lipinski definition) is 5. The molecule has 2 atom stereocenters. The summed E-state index contributed by atoms with van der Waals surface area (Å²) >= 11 is 0. The largest absolute Gasteiger partial charge is 0.454 e. The Morgan fingerprint density at radius 1 is 1.36 bits per heavy atom. The summed E-state index contributed by atoms with van der Waals surface area (Å²) in [7, 11) is 1.82. The van der Waals surface area contributed by atoms with Gasteiger partial charge in [0, 0.05) is 32.6 Å². The maximum atomic E-state index is 13.0. The lowest BCUT2D eigenvalue weighted by molar-refractivity contribution is -0.145. The van der Waals surface area contributed by atoms with Crippen LogP contribution in [0.15, 0.2) is 30.6 Å². The van der Waals surface area contributed by atoms with Crippen molar-refractivity contribution in [3.8, 4) is 11.5 Å². The number of rotatable bonds is 4. The van der Waals surface area contributed by atoms with Crippen molar-refractivity contribution in [1.82, 2.24) is 14.9 Å². The van der Waals surface area contributed by atoms with E-state index in [0.29, 0.717) is 13.2 Å². The normalized spacial score (nSPS) is 22.0. The fourth-order valence-corrected chi connectivity index (χ4v) is 3.41. The molecule has 1 amide bonds. The minimum Gasteiger partial charge on any atom is -0.454 e. The molecular weight excluding hydrogens is 322 g/mol. The number of H-pyrrole nitrogens is 1. The number of carbonyl (C=O) groups excluding carboxylic acids is 1. The maximum Gasteiger partial charge on any atom is 0.231 e. The number of hydrogen-bond donors (Lipinski definition) is 1. The van der Waals surface area contributed by atoms with Crippen molar-refractivity contribution in [3.63, 3.8) is 0 Å². The van der Waals surface area contributed by atoms with Gasteiger partial charge in [0.05, 0.1) is 5.92 Å². The van der Waals surface area contributed by atoms with Crippen molar-refractivity contribution in [3.05, 3.63) is 42.0 Å². The van der Waals surface area contributed by atoms with Gasteiger partial charge < -0.3 is 24.1 Å². The smallest absolute Gasteiger partial charge is 0.231 e. The standard InChI is InChI=1S/C18H21N3O4/c1-21(10-12-4-5-14-15(9-12)25-11-24-14)18(22)13-3-2-8-23-16(13)17-19-6-7-20-17/h4-7,9,13,16H,2-3,8,10-11H2,1H3,(H,19,20)/t13-,16-/m1/s1. The summed E-state index contributed by atoms with van der Waals surface area (Å²) in [6, 6.07) is 5.76. The van der Waals surface area contributed by atoms with Crippen LogP contribution in [0.5, 0.6) is 11.5 Å². The number of nitrogens with one attached hydrogen (secondary N) is 1. The van der Waals surface area contributed by atoms with Crippen LogP contribution in [0.1, 0.15) is 30.3 Å². The maximum absolute atomic E-state index is 13.0. The third-order valence-corrected chi connectivity index (χ3v) is 4.66. The molecule has 2 aromatic rings. The second kappa shape index (κ2) is 6.76. The summed E-state index contributed by atoms with van der Waals surface area (Å²) in [5.41, 5.74) is 1.01. The molecule has 132 valence electrons. The lowest BCUT2D eigenvalue weighted by Crippen LogP contribution is -2.38. The van der Waals surface area contributed by atoms with E-state index < -0.39 is 0 Å². The van der Waals surface area contributed by atoms with Crippen LogP contribution in [0, 0.1) is 5.92 Å². The number of ether oxygens (including phenoxy) is 3. The lowest BCUT2D eigenvalue weighted by Gasteiger charge is -2.32. The second-order valence-corrected chi connectivity index (χ2v) is 6.40. The molecule has 4 rings (SSSR count). The number of nitrogens with zero attached hydrogens (tertiary/aromatic N) is 2. The van der Waals surface area contributed by atoms with Gasteiger partial charge in [0.2, 0.25) is 12.7 Å². The number of amides is 1. The Bertz CT molecular complexity index is 747. The Hall–Kier alpha value is -2.54. The van der Waals surface area contributed by atoms with Gasteiger partial charge in [-0.15, -0.1) is 0 Å². The molecule has 0 bridgehead atoms. The van der Waals surface area contributed by atoms with E-state index in [1.54, 1.807) is 17.3 Å². The van der Waals surface area contributed by atoms with Gasteiger partial charge in [0.15, 0.2) is 11.5 Å². The molecule has 1 saturated heterocycles. The molecular formula is C18H21N3O4. The van der Waals surface area contributed by atoms with Crippen molar-refractivity contribution in [2.75, 3.05) is 20.4 Å². The van der Waals surface area contributed by atoms with Gasteiger partial charge in [-0.05, 0) is 30.5 Å². The highest BCUT2D eigenvalue weighted by molar-refractivity contribution is 5.79. The molecule has 1 aromatic carbocycles. The van der Waals surface area contributed by atoms with Gasteiger partial charge in [-0.2, -0.15) is 0 Å². The van der Waals surface area contributed by atoms with E-state index in [1.807, 2.05) is 25.2 Å². The van der Waals surface area contributed by atoms with Crippen LogP contribution < -0.4 is 9.47 Å². The third-order valence-electron chi connectivity index (χ3n) is 4.66. The minimum absolute atomic E-state index is 0.0683. The molecule has 0 unspecified atom stereocenters. The minimum atomic E-state index is -0.310. The van der Waals surface area contributed by atoms with E-state index >= 15 is 0 Å². The summed E-state index contributed by atoms with van der Waals surface area (Å²) in [5, 5.41) is 0. The molecule has 1 N–H and O–H groups in total. The topological polar surface area (TPSA) is 76.7 Å². The second-order valence-electron chi connectivity index (χ2n) is 6.40. The summed E-state index contributed by atoms with van der Waals surface area (Å²) < 4.78 is 16.6. The van der Waals surface area contributed by atoms with Gasteiger partial charge in [-0.25, -0.2) is 4.98 Å². The van der Waals surface area contributed by atoms with E-state index in [4.69, 9.17) is 14.2 Å². The third kappa shape index (κ3) is 3.19. The number of carbonyl (C=O) groups is 1. The number of fused-ring (bicyclic) bond motifs is 1. The number of imidazole rings is 1. The number of aromatic amines is 1. The molecule has 7 heteroatoms. The number of aromatic nitrogens is 2. The highest BCUT2D eigenvalue weighted by atomic mass is 16.7. The molecule has 7 nitrogen and oxygen atoms in total. The Morgan fingerprint density at radius 3 is 3.08 bits per heavy atom. The average molecular weight is 343 g/mol. The van der Waals surface area contributed by atoms with E-state index in [9.17, 15) is 4.79 Å². The van der Waals surface area contributed by atoms with Gasteiger partial charge in [0.25, 0.3) is 0 Å². The molecule has 3 heterocycles. The predicted molar refractivity (Wildman–Crippen MR) is 89.0 cm³/mol. The fourth-order valence-electron chi connectivity index (χ4n) is 3.41. The molecule has 2 aliphatic rings. The predicted octanol–water partition coefficient (Wildman–Crippen LogP) is 2.26. The van der Waals surface area contributed by atoms with E-state index in [0.717, 1.165) is 35.7 Å². The quantitative estimate of drug-likeness (QED) is 0.921. The molecule has 2 aliphatic heterocycles. The summed E-state index contributed by atoms with van der Waals surface area (Å²) in [4.78, 5) is 22.1. The van der Waals surface area contributed by atoms with E-state index in [-0.39, 0.29) is 24.7 Å². The highest BCUT2D eigenvalue weighted by Crippen LogP contribution is 2.35. The first-order chi connectivity index (χ1) is 12.2. The first-order valence-electron chi connectivity index (χ1n) is 8.47. The van der Waals surface area contributed by atoms with Crippen LogP contribution in [-0.2, 0) is 16.1 Å². The Labute approximate surface area is 145 Å². The van der Waals surface area contributed by atoms with Crippen LogP contribution in [0.25, 0.3) is 0 Å². The molecule has 0 spiro atoms. The monoisotopic (exact) mass is 343 g/mol. The van der Waals surface area contributed by atoms with Crippen molar-refractivity contribution in [2.45, 2.75) is 25.5 Å². The van der Waals surface area contributed by atoms with Crippen LogP contribution in [-0.4, -0.2) is 41.2 Å². The summed E-state index contributed by atoms with van der Waals surface area (Å²) in [6.45, 7) is 1.41. The van der Waals surface area contributed by atoms with Gasteiger partial charge in [0.1, 0.15) is 11.9 Å². The first kappa shape index (κ1) is 16.0. The average Bonchev–Trinajstić information content (AvgIpc) is 3.32. The first-order valence-corrected chi connectivity index (χ1v) is 8.47. The molecule has 25 heavy (non-hydrogen) atoms. The van der Waals surface area contributed by atoms with Crippen LogP contribution in [0.4, 0.5) is 0 Å².